The molecule has 0 saturated heterocycles. The lowest BCUT2D eigenvalue weighted by molar-refractivity contribution is -0.118. The number of nitrogens with zero attached hydrogens (tertiary/aromatic N) is 2. The molecule has 0 aliphatic carbocycles. The van der Waals surface area contributed by atoms with Crippen LogP contribution < -0.4 is 16.8 Å². The highest BCUT2D eigenvalue weighted by Gasteiger charge is 2.17. The van der Waals surface area contributed by atoms with Crippen LogP contribution in [0.25, 0.3) is 11.0 Å². The molecule has 0 aliphatic heterocycles. The fraction of sp³-hybridized carbons (Fsp3) is 0.462. The number of amides is 1. The van der Waals surface area contributed by atoms with Gasteiger partial charge >= 0.3 is 0 Å². The van der Waals surface area contributed by atoms with Crippen LogP contribution in [0.2, 0.25) is 0 Å². The molecule has 4 N–H and O–H groups in total. The number of H-pyrrole nitrogens is 1. The third-order valence-corrected chi connectivity index (χ3v) is 4.26. The number of carbonyl (C=O) groups excluding carboxylic acids is 1. The smallest absolute Gasteiger partial charge is 0.278 e. The highest BCUT2D eigenvalue weighted by molar-refractivity contribution is 7.99. The Morgan fingerprint density at radius 3 is 2.95 bits per heavy atom. The second kappa shape index (κ2) is 6.31. The van der Waals surface area contributed by atoms with Gasteiger partial charge in [0.25, 0.3) is 5.56 Å². The van der Waals surface area contributed by atoms with Crippen molar-refractivity contribution in [3.8, 4) is 0 Å². The summed E-state index contributed by atoms with van der Waals surface area (Å²) in [7, 11) is 0. The minimum absolute atomic E-state index is 0.00134. The van der Waals surface area contributed by atoms with E-state index >= 15 is 0 Å². The van der Waals surface area contributed by atoms with Crippen LogP contribution in [0.5, 0.6) is 0 Å². The lowest BCUT2D eigenvalue weighted by atomic mass is 10.2. The Morgan fingerprint density at radius 1 is 1.62 bits per heavy atom. The largest absolute Gasteiger partial charge is 0.353 e. The monoisotopic (exact) mass is 309 g/mol. The van der Waals surface area contributed by atoms with E-state index in [1.807, 2.05) is 26.8 Å². The van der Waals surface area contributed by atoms with Gasteiger partial charge in [-0.1, -0.05) is 18.7 Å². The third-order valence-electron chi connectivity index (χ3n) is 3.31. The molecule has 21 heavy (non-hydrogen) atoms. The molecule has 7 nitrogen and oxygen atoms in total. The quantitative estimate of drug-likeness (QED) is 0.252. The summed E-state index contributed by atoms with van der Waals surface area (Å²) in [5.74, 6) is 4.89. The second-order valence-corrected chi connectivity index (χ2v) is 5.84. The topological polar surface area (TPSA) is 106 Å². The van der Waals surface area contributed by atoms with Crippen molar-refractivity contribution in [2.24, 2.45) is 5.84 Å². The van der Waals surface area contributed by atoms with Crippen molar-refractivity contribution in [3.05, 3.63) is 22.1 Å². The summed E-state index contributed by atoms with van der Waals surface area (Å²) < 4.78 is 1.63. The number of carbonyl (C=O) groups is 1. The standard InChI is InChI=1S/C13H19N5O2S/c1-4-8(3)18-12(20)11-9(5-7(2)15-11)16-13(18)21-6-10(19)17-14/h5,8,15H,4,6,14H2,1-3H3,(H,17,19). The summed E-state index contributed by atoms with van der Waals surface area (Å²) in [5.41, 5.74) is 3.96. The van der Waals surface area contributed by atoms with Gasteiger partial charge in [0.05, 0.1) is 11.3 Å². The number of aryl methyl sites for hydroxylation is 1. The molecule has 0 saturated carbocycles. The fourth-order valence-electron chi connectivity index (χ4n) is 2.03. The highest BCUT2D eigenvalue weighted by Crippen LogP contribution is 2.22. The molecule has 8 heteroatoms. The molecule has 1 unspecified atom stereocenters. The van der Waals surface area contributed by atoms with Gasteiger partial charge < -0.3 is 4.98 Å². The van der Waals surface area contributed by atoms with Crippen LogP contribution in [0.1, 0.15) is 32.0 Å². The molecular formula is C13H19N5O2S. The number of hydrogen-bond acceptors (Lipinski definition) is 5. The van der Waals surface area contributed by atoms with Crippen molar-refractivity contribution in [1.82, 2.24) is 20.0 Å². The molecule has 0 bridgehead atoms. The Morgan fingerprint density at radius 2 is 2.33 bits per heavy atom. The van der Waals surface area contributed by atoms with Crippen LogP contribution in [0.3, 0.4) is 0 Å². The number of hydrazine groups is 1. The summed E-state index contributed by atoms with van der Waals surface area (Å²) in [6, 6.07) is 1.83. The Kier molecular flexibility index (Phi) is 4.69. The van der Waals surface area contributed by atoms with E-state index in [1.165, 1.54) is 11.8 Å². The van der Waals surface area contributed by atoms with Gasteiger partial charge in [-0.15, -0.1) is 0 Å². The normalized spacial score (nSPS) is 12.6. The number of nitrogens with one attached hydrogen (secondary N) is 2. The van der Waals surface area contributed by atoms with E-state index < -0.39 is 0 Å². The molecule has 1 amide bonds. The molecule has 1 atom stereocenters. The van der Waals surface area contributed by atoms with Crippen molar-refractivity contribution >= 4 is 28.7 Å². The summed E-state index contributed by atoms with van der Waals surface area (Å²) in [6.07, 6.45) is 0.795. The summed E-state index contributed by atoms with van der Waals surface area (Å²) >= 11 is 1.21. The zero-order valence-corrected chi connectivity index (χ0v) is 13.1. The van der Waals surface area contributed by atoms with Gasteiger partial charge in [0, 0.05) is 11.7 Å². The first-order valence-corrected chi connectivity index (χ1v) is 7.70. The average Bonchev–Trinajstić information content (AvgIpc) is 2.84. The predicted octanol–water partition coefficient (Wildman–Crippen LogP) is 1.09. The first-order chi connectivity index (χ1) is 9.97. The van der Waals surface area contributed by atoms with Gasteiger partial charge in [-0.2, -0.15) is 0 Å². The van der Waals surface area contributed by atoms with E-state index in [9.17, 15) is 9.59 Å². The number of aromatic nitrogens is 3. The van der Waals surface area contributed by atoms with E-state index in [-0.39, 0.29) is 23.3 Å². The third kappa shape index (κ3) is 3.11. The van der Waals surface area contributed by atoms with Crippen molar-refractivity contribution in [3.63, 3.8) is 0 Å². The lowest BCUT2D eigenvalue weighted by Gasteiger charge is -2.17. The Balaban J connectivity index is 2.54. The summed E-state index contributed by atoms with van der Waals surface area (Å²) in [6.45, 7) is 5.84. The van der Waals surface area contributed by atoms with Crippen molar-refractivity contribution in [1.29, 1.82) is 0 Å². The molecule has 0 aliphatic rings. The molecule has 0 aromatic carbocycles. The summed E-state index contributed by atoms with van der Waals surface area (Å²) in [4.78, 5) is 31.5. The zero-order valence-electron chi connectivity index (χ0n) is 12.3. The number of thioether (sulfide) groups is 1. The van der Waals surface area contributed by atoms with Crippen LogP contribution in [0.4, 0.5) is 0 Å². The van der Waals surface area contributed by atoms with Crippen LogP contribution >= 0.6 is 11.8 Å². The van der Waals surface area contributed by atoms with Gasteiger partial charge in [-0.25, -0.2) is 10.8 Å². The summed E-state index contributed by atoms with van der Waals surface area (Å²) in [5, 5.41) is 0.532. The SMILES string of the molecule is CCC(C)n1c(SCC(=O)NN)nc2cc(C)[nH]c2c1=O. The Labute approximate surface area is 126 Å². The van der Waals surface area contributed by atoms with E-state index in [4.69, 9.17) is 5.84 Å². The van der Waals surface area contributed by atoms with Gasteiger partial charge in [-0.3, -0.25) is 19.6 Å². The number of aromatic amines is 1. The maximum atomic E-state index is 12.6. The van der Waals surface area contributed by atoms with Gasteiger partial charge in [0.1, 0.15) is 5.52 Å². The molecule has 2 rings (SSSR count). The molecule has 2 aromatic heterocycles. The van der Waals surface area contributed by atoms with E-state index in [1.54, 1.807) is 4.57 Å². The second-order valence-electron chi connectivity index (χ2n) is 4.90. The van der Waals surface area contributed by atoms with E-state index in [0.717, 1.165) is 12.1 Å². The first-order valence-electron chi connectivity index (χ1n) is 6.72. The number of fused-ring (bicyclic) bond motifs is 1. The lowest BCUT2D eigenvalue weighted by Crippen LogP contribution is -2.32. The molecule has 2 aromatic rings. The van der Waals surface area contributed by atoms with Crippen molar-refractivity contribution < 1.29 is 4.79 Å². The minimum Gasteiger partial charge on any atom is -0.353 e. The zero-order chi connectivity index (χ0) is 15.6. The van der Waals surface area contributed by atoms with Gasteiger partial charge in [0.2, 0.25) is 5.91 Å². The number of nitrogens with two attached hydrogens (primary N) is 1. The number of rotatable bonds is 5. The molecule has 0 radical (unpaired) electrons. The Bertz CT molecular complexity index is 721. The predicted molar refractivity (Wildman–Crippen MR) is 83.1 cm³/mol. The molecule has 114 valence electrons. The van der Waals surface area contributed by atoms with Crippen molar-refractivity contribution in [2.45, 2.75) is 38.4 Å². The number of hydrogen-bond donors (Lipinski definition) is 3. The van der Waals surface area contributed by atoms with Crippen LogP contribution in [-0.2, 0) is 4.79 Å². The van der Waals surface area contributed by atoms with Gasteiger partial charge in [0.15, 0.2) is 5.16 Å². The average molecular weight is 309 g/mol. The molecule has 2 heterocycles. The fourth-order valence-corrected chi connectivity index (χ4v) is 2.94. The maximum absolute atomic E-state index is 12.6. The highest BCUT2D eigenvalue weighted by atomic mass is 32.2. The molecular weight excluding hydrogens is 290 g/mol. The van der Waals surface area contributed by atoms with E-state index in [2.05, 4.69) is 15.4 Å². The van der Waals surface area contributed by atoms with E-state index in [0.29, 0.717) is 16.2 Å². The van der Waals surface area contributed by atoms with Crippen LogP contribution in [0.15, 0.2) is 16.0 Å². The minimum atomic E-state index is -0.310. The molecule has 0 spiro atoms. The Hall–Kier alpha value is -1.80. The first kappa shape index (κ1) is 15.6. The van der Waals surface area contributed by atoms with Crippen LogP contribution in [0, 0.1) is 6.92 Å². The van der Waals surface area contributed by atoms with Crippen molar-refractivity contribution in [2.75, 3.05) is 5.75 Å². The van der Waals surface area contributed by atoms with Crippen LogP contribution in [-0.4, -0.2) is 26.2 Å². The van der Waals surface area contributed by atoms with Gasteiger partial charge in [-0.05, 0) is 26.3 Å². The maximum Gasteiger partial charge on any atom is 0.278 e. The molecule has 0 fully saturated rings.